The molecule has 4 aromatic rings. The molecule has 1 saturated heterocycles. The maximum absolute atomic E-state index is 13.6. The van der Waals surface area contributed by atoms with E-state index >= 15 is 0 Å². The van der Waals surface area contributed by atoms with Crippen LogP contribution in [0.15, 0.2) is 59.7 Å². The van der Waals surface area contributed by atoms with E-state index in [9.17, 15) is 14.0 Å². The monoisotopic (exact) mass is 488 g/mol. The van der Waals surface area contributed by atoms with Crippen LogP contribution in [-0.2, 0) is 11.2 Å². The molecule has 5 rings (SSSR count). The van der Waals surface area contributed by atoms with E-state index < -0.39 is 5.82 Å². The summed E-state index contributed by atoms with van der Waals surface area (Å²) in [7, 11) is 0. The zero-order valence-corrected chi connectivity index (χ0v) is 20.5. The van der Waals surface area contributed by atoms with Crippen molar-refractivity contribution in [2.75, 3.05) is 31.1 Å². The summed E-state index contributed by atoms with van der Waals surface area (Å²) in [5.41, 5.74) is 3.96. The van der Waals surface area contributed by atoms with Crippen LogP contribution in [0.4, 0.5) is 10.1 Å². The van der Waals surface area contributed by atoms with Gasteiger partial charge in [-0.2, -0.15) is 0 Å². The van der Waals surface area contributed by atoms with Gasteiger partial charge >= 0.3 is 5.56 Å². The summed E-state index contributed by atoms with van der Waals surface area (Å²) in [6.07, 6.45) is 4.84. The molecule has 0 aliphatic carbocycles. The third-order valence-corrected chi connectivity index (χ3v) is 6.76. The van der Waals surface area contributed by atoms with Crippen LogP contribution in [0.5, 0.6) is 0 Å². The van der Waals surface area contributed by atoms with Crippen molar-refractivity contribution in [1.29, 1.82) is 0 Å². The van der Waals surface area contributed by atoms with Gasteiger partial charge in [0, 0.05) is 57.1 Å². The number of benzene rings is 2. The molecule has 1 aliphatic heterocycles. The number of aromatic nitrogens is 4. The Hall–Kier alpha value is -4.01. The Balaban J connectivity index is 1.18. The molecule has 0 unspecified atom stereocenters. The summed E-state index contributed by atoms with van der Waals surface area (Å²) in [6, 6.07) is 12.3. The smallest absolute Gasteiger partial charge is 0.300 e. The topological polar surface area (TPSA) is 75.7 Å². The van der Waals surface area contributed by atoms with Crippen LogP contribution in [0.1, 0.15) is 29.8 Å². The molecule has 1 aliphatic rings. The van der Waals surface area contributed by atoms with Gasteiger partial charge in [0.25, 0.3) is 0 Å². The van der Waals surface area contributed by atoms with Gasteiger partial charge < -0.3 is 9.80 Å². The molecule has 0 spiro atoms. The summed E-state index contributed by atoms with van der Waals surface area (Å²) in [4.78, 5) is 30.0. The highest BCUT2D eigenvalue weighted by molar-refractivity contribution is 5.76. The van der Waals surface area contributed by atoms with Gasteiger partial charge in [-0.05, 0) is 55.7 Å². The molecule has 186 valence electrons. The van der Waals surface area contributed by atoms with Crippen LogP contribution in [0.3, 0.4) is 0 Å². The van der Waals surface area contributed by atoms with E-state index in [1.54, 1.807) is 28.9 Å². The van der Waals surface area contributed by atoms with Gasteiger partial charge in [0.1, 0.15) is 11.6 Å². The van der Waals surface area contributed by atoms with E-state index in [4.69, 9.17) is 0 Å². The Morgan fingerprint density at radius 1 is 1.00 bits per heavy atom. The van der Waals surface area contributed by atoms with Crippen LogP contribution in [0.25, 0.3) is 11.3 Å². The maximum Gasteiger partial charge on any atom is 0.300 e. The standard InChI is InChI=1S/C27H29FN6O2/c1-19-9-10-20(2)23(17-19)31-11-13-32(14-12-31)25(35)8-4-7-24-29-30-26-27(36)33(15-16-34(24)26)22-6-3-5-21(28)18-22/h3,5-6,9-10,15-18H,4,7-8,11-14H2,1-2H3. The van der Waals surface area contributed by atoms with Gasteiger partial charge in [-0.25, -0.2) is 4.39 Å². The average Bonchev–Trinajstić information content (AvgIpc) is 3.29. The van der Waals surface area contributed by atoms with Crippen molar-refractivity contribution in [3.05, 3.63) is 88.0 Å². The van der Waals surface area contributed by atoms with Gasteiger partial charge in [-0.15, -0.1) is 10.2 Å². The van der Waals surface area contributed by atoms with E-state index in [-0.39, 0.29) is 17.1 Å². The first-order valence-electron chi connectivity index (χ1n) is 12.2. The number of carbonyl (C=O) groups excluding carboxylic acids is 1. The van der Waals surface area contributed by atoms with Crippen molar-refractivity contribution in [3.63, 3.8) is 0 Å². The molecule has 0 bridgehead atoms. The van der Waals surface area contributed by atoms with Gasteiger partial charge in [0.2, 0.25) is 11.6 Å². The van der Waals surface area contributed by atoms with Gasteiger partial charge in [-0.3, -0.25) is 18.6 Å². The highest BCUT2D eigenvalue weighted by Gasteiger charge is 2.22. The maximum atomic E-state index is 13.6. The predicted octanol–water partition coefficient (Wildman–Crippen LogP) is 3.31. The van der Waals surface area contributed by atoms with Crippen LogP contribution in [-0.4, -0.2) is 56.2 Å². The quantitative estimate of drug-likeness (QED) is 0.416. The van der Waals surface area contributed by atoms with Crippen molar-refractivity contribution >= 4 is 17.2 Å². The molecule has 1 fully saturated rings. The first kappa shape index (κ1) is 23.7. The Bertz CT molecular complexity index is 1470. The van der Waals surface area contributed by atoms with Crippen molar-refractivity contribution in [1.82, 2.24) is 24.1 Å². The SMILES string of the molecule is Cc1ccc(C)c(N2CCN(C(=O)CCCc3nnc4c(=O)n(-c5cccc(F)c5)ccn34)CC2)c1. The Morgan fingerprint density at radius 3 is 2.58 bits per heavy atom. The van der Waals surface area contributed by atoms with E-state index in [0.29, 0.717) is 43.9 Å². The van der Waals surface area contributed by atoms with E-state index in [2.05, 4.69) is 47.1 Å². The van der Waals surface area contributed by atoms with Crippen LogP contribution < -0.4 is 10.5 Å². The van der Waals surface area contributed by atoms with Gasteiger partial charge in [0.05, 0.1) is 5.69 Å². The van der Waals surface area contributed by atoms with Crippen molar-refractivity contribution in [3.8, 4) is 5.69 Å². The molecular formula is C27H29FN6O2. The molecule has 0 atom stereocenters. The second-order valence-electron chi connectivity index (χ2n) is 9.27. The number of hydrogen-bond donors (Lipinski definition) is 0. The zero-order valence-electron chi connectivity index (χ0n) is 20.5. The fourth-order valence-corrected chi connectivity index (χ4v) is 4.75. The molecule has 1 amide bonds. The summed E-state index contributed by atoms with van der Waals surface area (Å²) in [6.45, 7) is 7.28. The Labute approximate surface area is 208 Å². The third kappa shape index (κ3) is 4.73. The molecular weight excluding hydrogens is 459 g/mol. The van der Waals surface area contributed by atoms with Crippen molar-refractivity contribution in [2.45, 2.75) is 33.1 Å². The second-order valence-corrected chi connectivity index (χ2v) is 9.27. The number of nitrogens with zero attached hydrogens (tertiary/aromatic N) is 6. The molecule has 0 N–H and O–H groups in total. The van der Waals surface area contributed by atoms with Crippen LogP contribution in [0.2, 0.25) is 0 Å². The fraction of sp³-hybridized carbons (Fsp3) is 0.333. The van der Waals surface area contributed by atoms with Gasteiger partial charge in [0.15, 0.2) is 0 Å². The molecule has 9 heteroatoms. The Kier molecular flexibility index (Phi) is 6.54. The number of halogens is 1. The number of fused-ring (bicyclic) bond motifs is 1. The highest BCUT2D eigenvalue weighted by atomic mass is 19.1. The van der Waals surface area contributed by atoms with E-state index in [1.165, 1.54) is 33.5 Å². The minimum absolute atomic E-state index is 0.137. The molecule has 3 heterocycles. The van der Waals surface area contributed by atoms with Crippen molar-refractivity contribution < 1.29 is 9.18 Å². The van der Waals surface area contributed by atoms with Gasteiger partial charge in [-0.1, -0.05) is 18.2 Å². The summed E-state index contributed by atoms with van der Waals surface area (Å²) < 4.78 is 16.6. The summed E-state index contributed by atoms with van der Waals surface area (Å²) in [5.74, 6) is 0.344. The summed E-state index contributed by atoms with van der Waals surface area (Å²) in [5, 5.41) is 8.22. The molecule has 2 aromatic carbocycles. The zero-order chi connectivity index (χ0) is 25.2. The molecule has 2 aromatic heterocycles. The highest BCUT2D eigenvalue weighted by Crippen LogP contribution is 2.23. The number of amides is 1. The largest absolute Gasteiger partial charge is 0.368 e. The number of piperazine rings is 1. The molecule has 0 radical (unpaired) electrons. The van der Waals surface area contributed by atoms with Crippen LogP contribution >= 0.6 is 0 Å². The predicted molar refractivity (Wildman–Crippen MR) is 136 cm³/mol. The molecule has 8 nitrogen and oxygen atoms in total. The minimum atomic E-state index is -0.419. The van der Waals surface area contributed by atoms with E-state index in [0.717, 1.165) is 13.1 Å². The number of anilines is 1. The summed E-state index contributed by atoms with van der Waals surface area (Å²) >= 11 is 0. The lowest BCUT2D eigenvalue weighted by molar-refractivity contribution is -0.131. The van der Waals surface area contributed by atoms with Crippen LogP contribution in [0, 0.1) is 19.7 Å². The van der Waals surface area contributed by atoms with E-state index in [1.807, 2.05) is 4.90 Å². The van der Waals surface area contributed by atoms with Crippen molar-refractivity contribution in [2.24, 2.45) is 0 Å². The Morgan fingerprint density at radius 2 is 1.81 bits per heavy atom. The second kappa shape index (κ2) is 9.93. The number of carbonyl (C=O) groups is 1. The fourth-order valence-electron chi connectivity index (χ4n) is 4.75. The third-order valence-electron chi connectivity index (χ3n) is 6.76. The molecule has 0 saturated carbocycles. The lowest BCUT2D eigenvalue weighted by Gasteiger charge is -2.37. The normalized spacial score (nSPS) is 14.0. The lowest BCUT2D eigenvalue weighted by Crippen LogP contribution is -2.49. The minimum Gasteiger partial charge on any atom is -0.368 e. The number of aryl methyl sites for hydroxylation is 3. The molecule has 36 heavy (non-hydrogen) atoms. The number of rotatable bonds is 6. The lowest BCUT2D eigenvalue weighted by atomic mass is 10.1. The first-order valence-corrected chi connectivity index (χ1v) is 12.2. The average molecular weight is 489 g/mol. The number of hydrogen-bond acceptors (Lipinski definition) is 5. The first-order chi connectivity index (χ1) is 17.4.